The van der Waals surface area contributed by atoms with Gasteiger partial charge in [0.25, 0.3) is 5.91 Å². The fourth-order valence-corrected chi connectivity index (χ4v) is 4.70. The van der Waals surface area contributed by atoms with Gasteiger partial charge in [-0.15, -0.1) is 0 Å². The molecule has 1 saturated heterocycles. The van der Waals surface area contributed by atoms with Gasteiger partial charge >= 0.3 is 16.3 Å². The molecule has 35 heavy (non-hydrogen) atoms. The van der Waals surface area contributed by atoms with E-state index in [1.165, 1.54) is 12.1 Å². The number of hydrogen-bond donors (Lipinski definition) is 2. The van der Waals surface area contributed by atoms with Crippen LogP contribution in [0, 0.1) is 5.82 Å². The van der Waals surface area contributed by atoms with Crippen molar-refractivity contribution >= 4 is 44.4 Å². The number of nitrogens with one attached hydrogen (secondary N) is 2. The van der Waals surface area contributed by atoms with Crippen LogP contribution in [0.5, 0.6) is 5.75 Å². The van der Waals surface area contributed by atoms with Gasteiger partial charge in [-0.05, 0) is 49.9 Å². The molecule has 184 valence electrons. The van der Waals surface area contributed by atoms with Crippen molar-refractivity contribution in [1.29, 1.82) is 0 Å². The minimum atomic E-state index is -4.31. The van der Waals surface area contributed by atoms with Crippen LogP contribution in [-0.2, 0) is 26.3 Å². The summed E-state index contributed by atoms with van der Waals surface area (Å²) in [7, 11) is -4.31. The van der Waals surface area contributed by atoms with E-state index in [4.69, 9.17) is 9.47 Å². The molecule has 1 heterocycles. The molecular weight excluding hydrogens is 477 g/mol. The van der Waals surface area contributed by atoms with Gasteiger partial charge in [0, 0.05) is 11.1 Å². The molecule has 4 rings (SSSR count). The number of carbonyl (C=O) groups excluding carboxylic acids is 2. The fourth-order valence-electron chi connectivity index (χ4n) is 3.54. The molecule has 0 radical (unpaired) electrons. The van der Waals surface area contributed by atoms with Gasteiger partial charge in [0.15, 0.2) is 5.82 Å². The first-order valence-corrected chi connectivity index (χ1v) is 12.1. The van der Waals surface area contributed by atoms with Crippen LogP contribution in [0.2, 0.25) is 0 Å². The predicted molar refractivity (Wildman–Crippen MR) is 129 cm³/mol. The van der Waals surface area contributed by atoms with Gasteiger partial charge < -0.3 is 9.47 Å². The number of amides is 2. The Morgan fingerprint density at radius 3 is 2.49 bits per heavy atom. The molecule has 2 amide bonds. The monoisotopic (exact) mass is 501 g/mol. The lowest BCUT2D eigenvalue weighted by atomic mass is 10.1. The van der Waals surface area contributed by atoms with Crippen LogP contribution >= 0.6 is 0 Å². The Morgan fingerprint density at radius 1 is 1.14 bits per heavy atom. The van der Waals surface area contributed by atoms with E-state index in [1.807, 2.05) is 35.1 Å². The van der Waals surface area contributed by atoms with Gasteiger partial charge in [-0.1, -0.05) is 36.4 Å². The summed E-state index contributed by atoms with van der Waals surface area (Å²) in [5.74, 6) is -1.76. The maximum absolute atomic E-state index is 15.9. The number of hydrogen-bond acceptors (Lipinski definition) is 6. The second-order valence-electron chi connectivity index (χ2n) is 8.91. The molecule has 0 spiro atoms. The molecule has 1 aliphatic heterocycles. The number of anilines is 2. The highest BCUT2D eigenvalue weighted by molar-refractivity contribution is 7.92. The number of rotatable bonds is 5. The van der Waals surface area contributed by atoms with E-state index in [0.717, 1.165) is 5.56 Å². The first-order valence-electron chi connectivity index (χ1n) is 10.7. The summed E-state index contributed by atoms with van der Waals surface area (Å²) in [5, 5.41) is 2.96. The van der Waals surface area contributed by atoms with E-state index in [-0.39, 0.29) is 23.4 Å². The van der Waals surface area contributed by atoms with E-state index < -0.39 is 45.9 Å². The van der Waals surface area contributed by atoms with Gasteiger partial charge in [-0.2, -0.15) is 8.42 Å². The zero-order chi connectivity index (χ0) is 25.4. The molecule has 0 atom stereocenters. The molecule has 1 fully saturated rings. The second kappa shape index (κ2) is 9.06. The number of fused-ring (bicyclic) bond motifs is 1. The third kappa shape index (κ3) is 5.46. The largest absolute Gasteiger partial charge is 0.487 e. The maximum atomic E-state index is 15.9. The van der Waals surface area contributed by atoms with Crippen molar-refractivity contribution in [3.63, 3.8) is 0 Å². The third-order valence-corrected chi connectivity index (χ3v) is 6.35. The molecule has 0 aliphatic carbocycles. The number of nitrogens with zero attached hydrogens (tertiary/aromatic N) is 1. The van der Waals surface area contributed by atoms with Crippen LogP contribution < -0.4 is 19.1 Å². The molecule has 0 saturated carbocycles. The van der Waals surface area contributed by atoms with Crippen molar-refractivity contribution in [1.82, 2.24) is 4.72 Å². The van der Waals surface area contributed by atoms with Crippen molar-refractivity contribution in [3.8, 4) is 5.75 Å². The summed E-state index contributed by atoms with van der Waals surface area (Å²) < 4.78 is 54.5. The van der Waals surface area contributed by atoms with Gasteiger partial charge in [-0.25, -0.2) is 18.2 Å². The van der Waals surface area contributed by atoms with Gasteiger partial charge in [0.1, 0.15) is 30.2 Å². The second-order valence-corrected chi connectivity index (χ2v) is 10.5. The number of carbonyl (C=O) groups is 2. The molecule has 0 unspecified atom stereocenters. The molecular formula is C24H24FN3O6S. The minimum absolute atomic E-state index is 0.0233. The molecule has 3 aromatic rings. The molecule has 0 aromatic heterocycles. The molecule has 9 nitrogen and oxygen atoms in total. The Hall–Kier alpha value is -3.86. The Balaban J connectivity index is 1.77. The zero-order valence-corrected chi connectivity index (χ0v) is 20.1. The fraction of sp³-hybridized carbons (Fsp3) is 0.250. The molecule has 1 aliphatic rings. The first-order chi connectivity index (χ1) is 16.4. The molecule has 3 aromatic carbocycles. The lowest BCUT2D eigenvalue weighted by Gasteiger charge is -2.22. The summed E-state index contributed by atoms with van der Waals surface area (Å²) in [6.45, 7) is 4.58. The van der Waals surface area contributed by atoms with Crippen LogP contribution in [0.3, 0.4) is 0 Å². The molecule has 11 heteroatoms. The van der Waals surface area contributed by atoms with Crippen molar-refractivity contribution in [2.24, 2.45) is 0 Å². The van der Waals surface area contributed by atoms with Crippen LogP contribution in [-0.4, -0.2) is 32.6 Å². The summed E-state index contributed by atoms with van der Waals surface area (Å²) in [4.78, 5) is 24.0. The normalized spacial score (nSPS) is 15.1. The Kier molecular flexibility index (Phi) is 6.28. The average molecular weight is 502 g/mol. The van der Waals surface area contributed by atoms with Crippen molar-refractivity contribution in [3.05, 3.63) is 66.0 Å². The quantitative estimate of drug-likeness (QED) is 0.545. The minimum Gasteiger partial charge on any atom is -0.487 e. The van der Waals surface area contributed by atoms with Gasteiger partial charge in [0.2, 0.25) is 0 Å². The first kappa shape index (κ1) is 24.3. The van der Waals surface area contributed by atoms with Gasteiger partial charge in [-0.3, -0.25) is 10.1 Å². The highest BCUT2D eigenvalue weighted by Gasteiger charge is 2.38. The van der Waals surface area contributed by atoms with Gasteiger partial charge in [0.05, 0.1) is 0 Å². The maximum Gasteiger partial charge on any atom is 0.412 e. The predicted octanol–water partition coefficient (Wildman–Crippen LogP) is 4.09. The Morgan fingerprint density at radius 2 is 1.86 bits per heavy atom. The average Bonchev–Trinajstić information content (AvgIpc) is 3.03. The summed E-state index contributed by atoms with van der Waals surface area (Å²) in [6.07, 6.45) is -0.725. The molecule has 2 N–H and O–H groups in total. The summed E-state index contributed by atoms with van der Waals surface area (Å²) in [6, 6.07) is 15.0. The SMILES string of the molecule is CC(C)(C)OC(=O)Nc1ccc2cc(OCc3ccccc3)c(N3CC(=O)NS3(=O)=O)c(F)c2c1. The Labute approximate surface area is 202 Å². The Bertz CT molecular complexity index is 1400. The number of ether oxygens (including phenoxy) is 2. The smallest absolute Gasteiger partial charge is 0.412 e. The summed E-state index contributed by atoms with van der Waals surface area (Å²) in [5.41, 5.74) is -0.0999. The lowest BCUT2D eigenvalue weighted by Crippen LogP contribution is -2.30. The summed E-state index contributed by atoms with van der Waals surface area (Å²) >= 11 is 0. The van der Waals surface area contributed by atoms with E-state index in [9.17, 15) is 18.0 Å². The van der Waals surface area contributed by atoms with Crippen LogP contribution in [0.25, 0.3) is 10.8 Å². The van der Waals surface area contributed by atoms with E-state index >= 15 is 4.39 Å². The van der Waals surface area contributed by atoms with Crippen LogP contribution in [0.1, 0.15) is 26.3 Å². The topological polar surface area (TPSA) is 114 Å². The highest BCUT2D eigenvalue weighted by Crippen LogP contribution is 2.40. The third-order valence-electron chi connectivity index (χ3n) is 4.97. The van der Waals surface area contributed by atoms with E-state index in [2.05, 4.69) is 5.32 Å². The van der Waals surface area contributed by atoms with Crippen molar-refractivity contribution in [2.45, 2.75) is 33.0 Å². The highest BCUT2D eigenvalue weighted by atomic mass is 32.2. The lowest BCUT2D eigenvalue weighted by molar-refractivity contribution is -0.117. The van der Waals surface area contributed by atoms with Crippen LogP contribution in [0.4, 0.5) is 20.6 Å². The van der Waals surface area contributed by atoms with E-state index in [0.29, 0.717) is 9.69 Å². The zero-order valence-electron chi connectivity index (χ0n) is 19.3. The van der Waals surface area contributed by atoms with Crippen molar-refractivity contribution < 1.29 is 31.9 Å². The van der Waals surface area contributed by atoms with Crippen LogP contribution in [0.15, 0.2) is 54.6 Å². The van der Waals surface area contributed by atoms with E-state index in [1.54, 1.807) is 32.9 Å². The number of benzene rings is 3. The standard InChI is InChI=1S/C24H24FN3O6S/c1-24(2,3)34-23(30)26-17-10-9-16-11-19(33-14-15-7-5-4-6-8-15)22(21(25)18(16)12-17)28-13-20(29)27-35(28,31)32/h4-12H,13-14H2,1-3H3,(H,26,30)(H,27,29). The number of halogens is 1. The molecule has 0 bridgehead atoms. The van der Waals surface area contributed by atoms with Crippen molar-refractivity contribution in [2.75, 3.05) is 16.2 Å².